The first kappa shape index (κ1) is 10.1. The number of furan rings is 1. The largest absolute Gasteiger partial charge is 0.467 e. The Kier molecular flexibility index (Phi) is 2.97. The number of hydrogen-bond acceptors (Lipinski definition) is 2. The maximum atomic E-state index is 6.01. The van der Waals surface area contributed by atoms with Gasteiger partial charge in [0.25, 0.3) is 0 Å². The third-order valence-electron chi connectivity index (χ3n) is 2.22. The first-order chi connectivity index (χ1) is 7.25. The van der Waals surface area contributed by atoms with Gasteiger partial charge in [-0.3, -0.25) is 0 Å². The molecule has 1 N–H and O–H groups in total. The molecule has 0 aliphatic carbocycles. The lowest BCUT2D eigenvalue weighted by Gasteiger charge is -2.05. The highest BCUT2D eigenvalue weighted by atomic mass is 35.5. The molecule has 1 heterocycles. The van der Waals surface area contributed by atoms with Gasteiger partial charge in [-0.1, -0.05) is 17.7 Å². The molecule has 0 unspecified atom stereocenters. The zero-order valence-corrected chi connectivity index (χ0v) is 9.21. The van der Waals surface area contributed by atoms with Gasteiger partial charge in [-0.2, -0.15) is 0 Å². The number of anilines is 1. The normalized spacial score (nSPS) is 10.3. The summed E-state index contributed by atoms with van der Waals surface area (Å²) in [5, 5.41) is 4.01. The van der Waals surface area contributed by atoms with E-state index in [1.807, 2.05) is 37.3 Å². The van der Waals surface area contributed by atoms with Gasteiger partial charge < -0.3 is 9.73 Å². The van der Waals surface area contributed by atoms with Gasteiger partial charge in [0.05, 0.1) is 12.8 Å². The Balaban J connectivity index is 2.02. The molecule has 0 aliphatic rings. The van der Waals surface area contributed by atoms with E-state index in [9.17, 15) is 0 Å². The van der Waals surface area contributed by atoms with Gasteiger partial charge in [0.15, 0.2) is 0 Å². The molecular formula is C12H12ClNO. The number of nitrogens with one attached hydrogen (secondary N) is 1. The Hall–Kier alpha value is -1.41. The standard InChI is InChI=1S/C12H12ClNO/c1-9-4-5-10(7-12(9)13)14-8-11-3-2-6-15-11/h2-7,14H,8H2,1H3. The molecule has 0 fully saturated rings. The second-order valence-electron chi connectivity index (χ2n) is 3.40. The quantitative estimate of drug-likeness (QED) is 0.852. The number of aryl methyl sites for hydroxylation is 1. The van der Waals surface area contributed by atoms with Crippen molar-refractivity contribution in [2.75, 3.05) is 5.32 Å². The average Bonchev–Trinajstić information content (AvgIpc) is 2.73. The topological polar surface area (TPSA) is 25.2 Å². The monoisotopic (exact) mass is 221 g/mol. The minimum atomic E-state index is 0.673. The summed E-state index contributed by atoms with van der Waals surface area (Å²) in [6.07, 6.45) is 1.67. The van der Waals surface area contributed by atoms with Crippen LogP contribution in [0.2, 0.25) is 5.02 Å². The van der Waals surface area contributed by atoms with Crippen LogP contribution in [0.3, 0.4) is 0 Å². The van der Waals surface area contributed by atoms with Crippen molar-refractivity contribution in [2.24, 2.45) is 0 Å². The van der Waals surface area contributed by atoms with Crippen molar-refractivity contribution in [3.8, 4) is 0 Å². The Morgan fingerprint density at radius 2 is 2.20 bits per heavy atom. The van der Waals surface area contributed by atoms with E-state index in [-0.39, 0.29) is 0 Å². The van der Waals surface area contributed by atoms with Crippen LogP contribution in [0.25, 0.3) is 0 Å². The highest BCUT2D eigenvalue weighted by molar-refractivity contribution is 6.31. The molecule has 1 aromatic heterocycles. The third-order valence-corrected chi connectivity index (χ3v) is 2.63. The van der Waals surface area contributed by atoms with Gasteiger partial charge in [0.2, 0.25) is 0 Å². The van der Waals surface area contributed by atoms with E-state index in [4.69, 9.17) is 16.0 Å². The zero-order valence-electron chi connectivity index (χ0n) is 8.46. The first-order valence-electron chi connectivity index (χ1n) is 4.78. The predicted molar refractivity (Wildman–Crippen MR) is 62.2 cm³/mol. The van der Waals surface area contributed by atoms with Gasteiger partial charge in [-0.25, -0.2) is 0 Å². The maximum Gasteiger partial charge on any atom is 0.122 e. The second-order valence-corrected chi connectivity index (χ2v) is 3.80. The summed E-state index contributed by atoms with van der Waals surface area (Å²) in [6, 6.07) is 9.72. The molecule has 15 heavy (non-hydrogen) atoms. The van der Waals surface area contributed by atoms with Gasteiger partial charge >= 0.3 is 0 Å². The number of halogens is 1. The van der Waals surface area contributed by atoms with Crippen LogP contribution < -0.4 is 5.32 Å². The number of benzene rings is 1. The van der Waals surface area contributed by atoms with Crippen LogP contribution in [0, 0.1) is 6.92 Å². The molecule has 0 amide bonds. The van der Waals surface area contributed by atoms with Crippen molar-refractivity contribution >= 4 is 17.3 Å². The van der Waals surface area contributed by atoms with E-state index in [2.05, 4.69) is 5.32 Å². The lowest BCUT2D eigenvalue weighted by atomic mass is 10.2. The molecule has 0 bridgehead atoms. The van der Waals surface area contributed by atoms with Crippen LogP contribution in [-0.4, -0.2) is 0 Å². The second kappa shape index (κ2) is 4.41. The van der Waals surface area contributed by atoms with Gasteiger partial charge in [-0.05, 0) is 36.8 Å². The number of hydrogen-bond donors (Lipinski definition) is 1. The minimum absolute atomic E-state index is 0.673. The Morgan fingerprint density at radius 3 is 2.87 bits per heavy atom. The summed E-state index contributed by atoms with van der Waals surface area (Å²) in [4.78, 5) is 0. The van der Waals surface area contributed by atoms with Crippen LogP contribution in [0.15, 0.2) is 41.0 Å². The first-order valence-corrected chi connectivity index (χ1v) is 5.16. The smallest absolute Gasteiger partial charge is 0.122 e. The molecule has 2 aromatic rings. The molecule has 2 rings (SSSR count). The molecule has 0 radical (unpaired) electrons. The average molecular weight is 222 g/mol. The Bertz CT molecular complexity index is 437. The SMILES string of the molecule is Cc1ccc(NCc2ccco2)cc1Cl. The molecule has 78 valence electrons. The molecule has 0 aliphatic heterocycles. The number of rotatable bonds is 3. The van der Waals surface area contributed by atoms with Crippen molar-refractivity contribution in [3.63, 3.8) is 0 Å². The summed E-state index contributed by atoms with van der Waals surface area (Å²) in [5.41, 5.74) is 2.09. The Labute approximate surface area is 93.9 Å². The van der Waals surface area contributed by atoms with E-state index in [1.165, 1.54) is 0 Å². The fourth-order valence-electron chi connectivity index (χ4n) is 1.31. The summed E-state index contributed by atoms with van der Waals surface area (Å²) in [7, 11) is 0. The van der Waals surface area contributed by atoms with Crippen LogP contribution in [0.4, 0.5) is 5.69 Å². The predicted octanol–water partition coefficient (Wildman–Crippen LogP) is 3.85. The van der Waals surface area contributed by atoms with Crippen molar-refractivity contribution < 1.29 is 4.42 Å². The fourth-order valence-corrected chi connectivity index (χ4v) is 1.49. The van der Waals surface area contributed by atoms with Crippen molar-refractivity contribution in [1.82, 2.24) is 0 Å². The highest BCUT2D eigenvalue weighted by Crippen LogP contribution is 2.20. The van der Waals surface area contributed by atoms with E-state index in [0.717, 1.165) is 22.0 Å². The molecule has 0 saturated carbocycles. The van der Waals surface area contributed by atoms with Crippen LogP contribution in [0.5, 0.6) is 0 Å². The van der Waals surface area contributed by atoms with Crippen molar-refractivity contribution in [2.45, 2.75) is 13.5 Å². The summed E-state index contributed by atoms with van der Waals surface area (Å²) in [5.74, 6) is 0.909. The van der Waals surface area contributed by atoms with Crippen LogP contribution in [-0.2, 0) is 6.54 Å². The van der Waals surface area contributed by atoms with Crippen LogP contribution in [0.1, 0.15) is 11.3 Å². The maximum absolute atomic E-state index is 6.01. The van der Waals surface area contributed by atoms with Gasteiger partial charge in [0, 0.05) is 10.7 Å². The van der Waals surface area contributed by atoms with Crippen molar-refractivity contribution in [3.05, 3.63) is 52.9 Å². The fraction of sp³-hybridized carbons (Fsp3) is 0.167. The molecule has 0 atom stereocenters. The highest BCUT2D eigenvalue weighted by Gasteiger charge is 1.98. The van der Waals surface area contributed by atoms with Gasteiger partial charge in [-0.15, -0.1) is 0 Å². The van der Waals surface area contributed by atoms with Gasteiger partial charge in [0.1, 0.15) is 5.76 Å². The van der Waals surface area contributed by atoms with E-state index < -0.39 is 0 Å². The summed E-state index contributed by atoms with van der Waals surface area (Å²) >= 11 is 6.01. The van der Waals surface area contributed by atoms with E-state index >= 15 is 0 Å². The molecular weight excluding hydrogens is 210 g/mol. The Morgan fingerprint density at radius 1 is 1.33 bits per heavy atom. The molecule has 2 nitrogen and oxygen atoms in total. The third kappa shape index (κ3) is 2.54. The molecule has 3 heteroatoms. The molecule has 0 spiro atoms. The summed E-state index contributed by atoms with van der Waals surface area (Å²) < 4.78 is 5.21. The molecule has 1 aromatic carbocycles. The summed E-state index contributed by atoms with van der Waals surface area (Å²) in [6.45, 7) is 2.66. The van der Waals surface area contributed by atoms with E-state index in [0.29, 0.717) is 6.54 Å². The van der Waals surface area contributed by atoms with E-state index in [1.54, 1.807) is 6.26 Å². The lowest BCUT2D eigenvalue weighted by molar-refractivity contribution is 0.518. The van der Waals surface area contributed by atoms with Crippen molar-refractivity contribution in [1.29, 1.82) is 0 Å². The molecule has 0 saturated heterocycles. The lowest BCUT2D eigenvalue weighted by Crippen LogP contribution is -1.97. The zero-order chi connectivity index (χ0) is 10.7. The minimum Gasteiger partial charge on any atom is -0.467 e. The van der Waals surface area contributed by atoms with Crippen LogP contribution >= 0.6 is 11.6 Å².